The molecule has 1 nitrogen and oxygen atoms in total. The van der Waals surface area contributed by atoms with Crippen LogP contribution in [-0.4, -0.2) is 0 Å². The van der Waals surface area contributed by atoms with Gasteiger partial charge in [-0.15, -0.1) is 11.3 Å². The molecule has 1 aromatic heterocycles. The molecule has 0 amide bonds. The number of hydrogen-bond acceptors (Lipinski definition) is 2. The van der Waals surface area contributed by atoms with Gasteiger partial charge in [0.05, 0.1) is 5.69 Å². The van der Waals surface area contributed by atoms with E-state index >= 15 is 0 Å². The average molecular weight is 736 g/mol. The quantitative estimate of drug-likeness (QED) is 0.170. The van der Waals surface area contributed by atoms with E-state index in [2.05, 4.69) is 209 Å². The van der Waals surface area contributed by atoms with Crippen LogP contribution in [0, 0.1) is 0 Å². The largest absolute Gasteiger partial charge is 0.310 e. The normalized spacial score (nSPS) is 14.4. The van der Waals surface area contributed by atoms with Crippen molar-refractivity contribution in [3.05, 3.63) is 198 Å². The van der Waals surface area contributed by atoms with Crippen LogP contribution < -0.4 is 4.90 Å². The third kappa shape index (κ3) is 4.72. The SMILES string of the molecule is CC1(C)c2ccccc2-c2cc(N(c3ccc(-c4cccc5sc6ccccc6c45)cc3)c3ccccc3-c3cccc4c3-c3ccccc3C4(C)C)ccc21. The Balaban J connectivity index is 1.12. The highest BCUT2D eigenvalue weighted by molar-refractivity contribution is 7.25. The van der Waals surface area contributed by atoms with Crippen LogP contribution >= 0.6 is 11.3 Å². The number of thiophene rings is 1. The van der Waals surface area contributed by atoms with Crippen LogP contribution in [0.1, 0.15) is 49.9 Å². The van der Waals surface area contributed by atoms with E-state index in [1.165, 1.54) is 86.9 Å². The summed E-state index contributed by atoms with van der Waals surface area (Å²) < 4.78 is 2.65. The summed E-state index contributed by atoms with van der Waals surface area (Å²) >= 11 is 1.87. The first-order chi connectivity index (χ1) is 27.3. The van der Waals surface area contributed by atoms with Crippen molar-refractivity contribution in [3.63, 3.8) is 0 Å². The maximum atomic E-state index is 2.49. The topological polar surface area (TPSA) is 3.24 Å². The molecule has 2 aliphatic carbocycles. The van der Waals surface area contributed by atoms with E-state index in [9.17, 15) is 0 Å². The summed E-state index contributed by atoms with van der Waals surface area (Å²) in [4.78, 5) is 2.49. The van der Waals surface area contributed by atoms with Crippen LogP contribution in [0.25, 0.3) is 64.7 Å². The van der Waals surface area contributed by atoms with Gasteiger partial charge < -0.3 is 4.90 Å². The first kappa shape index (κ1) is 33.1. The molecule has 0 saturated carbocycles. The molecule has 1 heterocycles. The van der Waals surface area contributed by atoms with E-state index in [0.29, 0.717) is 0 Å². The zero-order valence-corrected chi connectivity index (χ0v) is 32.9. The fourth-order valence-electron chi connectivity index (χ4n) is 9.96. The number of fused-ring (bicyclic) bond motifs is 9. The number of hydrogen-bond donors (Lipinski definition) is 0. The molecular weight excluding hydrogens is 695 g/mol. The lowest BCUT2D eigenvalue weighted by atomic mass is 9.82. The maximum absolute atomic E-state index is 2.49. The summed E-state index contributed by atoms with van der Waals surface area (Å²) in [5.74, 6) is 0. The molecule has 0 fully saturated rings. The lowest BCUT2D eigenvalue weighted by Crippen LogP contribution is -2.15. The number of para-hydroxylation sites is 1. The molecule has 2 heteroatoms. The highest BCUT2D eigenvalue weighted by Crippen LogP contribution is 2.55. The summed E-state index contributed by atoms with van der Waals surface area (Å²) in [6, 6.07) is 65.8. The molecule has 268 valence electrons. The van der Waals surface area contributed by atoms with Crippen molar-refractivity contribution in [2.45, 2.75) is 38.5 Å². The summed E-state index contributed by atoms with van der Waals surface area (Å²) in [5.41, 5.74) is 19.1. The molecule has 0 saturated heterocycles. The molecule has 9 aromatic rings. The Morgan fingerprint density at radius 1 is 0.393 bits per heavy atom. The number of benzene rings is 8. The van der Waals surface area contributed by atoms with Crippen LogP contribution in [0.15, 0.2) is 176 Å². The minimum Gasteiger partial charge on any atom is -0.310 e. The molecule has 0 unspecified atom stereocenters. The molecule has 0 spiro atoms. The first-order valence-corrected chi connectivity index (χ1v) is 20.5. The molecule has 0 N–H and O–H groups in total. The Kier molecular flexibility index (Phi) is 7.18. The van der Waals surface area contributed by atoms with Crippen molar-refractivity contribution >= 4 is 48.6 Å². The lowest BCUT2D eigenvalue weighted by Gasteiger charge is -2.30. The van der Waals surface area contributed by atoms with Crippen molar-refractivity contribution in [3.8, 4) is 44.5 Å². The molecule has 2 aliphatic rings. The first-order valence-electron chi connectivity index (χ1n) is 19.7. The summed E-state index contributed by atoms with van der Waals surface area (Å²) in [6.45, 7) is 9.44. The summed E-state index contributed by atoms with van der Waals surface area (Å²) in [6.07, 6.45) is 0. The van der Waals surface area contributed by atoms with Gasteiger partial charge in [0, 0.05) is 47.9 Å². The Bertz CT molecular complexity index is 3030. The molecule has 0 radical (unpaired) electrons. The minimum atomic E-state index is -0.0801. The predicted octanol–water partition coefficient (Wildman–Crippen LogP) is 15.5. The van der Waals surface area contributed by atoms with Gasteiger partial charge in [-0.25, -0.2) is 0 Å². The van der Waals surface area contributed by atoms with Gasteiger partial charge in [0.15, 0.2) is 0 Å². The predicted molar refractivity (Wildman–Crippen MR) is 240 cm³/mol. The zero-order valence-electron chi connectivity index (χ0n) is 32.1. The summed E-state index contributed by atoms with van der Waals surface area (Å²) in [5, 5.41) is 2.66. The van der Waals surface area contributed by atoms with Gasteiger partial charge in [-0.05, 0) is 104 Å². The van der Waals surface area contributed by atoms with E-state index in [-0.39, 0.29) is 10.8 Å². The van der Waals surface area contributed by atoms with E-state index in [0.717, 1.165) is 17.1 Å². The number of anilines is 3. The summed E-state index contributed by atoms with van der Waals surface area (Å²) in [7, 11) is 0. The van der Waals surface area contributed by atoms with Gasteiger partial charge in [0.2, 0.25) is 0 Å². The molecule has 11 rings (SSSR count). The van der Waals surface area contributed by atoms with Crippen molar-refractivity contribution in [1.29, 1.82) is 0 Å². The fourth-order valence-corrected chi connectivity index (χ4v) is 11.1. The van der Waals surface area contributed by atoms with Crippen LogP contribution in [0.5, 0.6) is 0 Å². The van der Waals surface area contributed by atoms with E-state index < -0.39 is 0 Å². The van der Waals surface area contributed by atoms with Gasteiger partial charge in [-0.2, -0.15) is 0 Å². The Morgan fingerprint density at radius 3 is 1.77 bits per heavy atom. The average Bonchev–Trinajstić information content (AvgIpc) is 3.81. The van der Waals surface area contributed by atoms with Gasteiger partial charge in [-0.3, -0.25) is 0 Å². The van der Waals surface area contributed by atoms with Crippen LogP contribution in [0.2, 0.25) is 0 Å². The van der Waals surface area contributed by atoms with Crippen molar-refractivity contribution < 1.29 is 0 Å². The number of nitrogens with zero attached hydrogens (tertiary/aromatic N) is 1. The fraction of sp³-hybridized carbons (Fsp3) is 0.111. The third-order valence-electron chi connectivity index (χ3n) is 12.7. The van der Waals surface area contributed by atoms with E-state index in [1.54, 1.807) is 0 Å². The zero-order chi connectivity index (χ0) is 37.8. The molecule has 0 aliphatic heterocycles. The molecule has 56 heavy (non-hydrogen) atoms. The highest BCUT2D eigenvalue weighted by Gasteiger charge is 2.38. The second-order valence-corrected chi connectivity index (χ2v) is 17.6. The van der Waals surface area contributed by atoms with E-state index in [4.69, 9.17) is 0 Å². The lowest BCUT2D eigenvalue weighted by molar-refractivity contribution is 0.660. The standard InChI is InChI=1S/C54H41NS/c1-53(2)44-21-9-5-15-38(44)43-33-36(31-32-46(43)53)55(35-29-27-34(28-30-35)37-19-14-26-50-52(37)42-18-8-12-25-49(42)56-50)48-24-11-7-16-39(48)40-20-13-23-47-51(40)41-17-6-10-22-45(41)54(47,3)4/h5-33H,1-4H3. The third-order valence-corrected chi connectivity index (χ3v) is 13.8. The van der Waals surface area contributed by atoms with Crippen LogP contribution in [0.4, 0.5) is 17.1 Å². The van der Waals surface area contributed by atoms with Gasteiger partial charge in [-0.1, -0.05) is 161 Å². The van der Waals surface area contributed by atoms with Crippen LogP contribution in [0.3, 0.4) is 0 Å². The minimum absolute atomic E-state index is 0.0630. The molecule has 0 atom stereocenters. The highest BCUT2D eigenvalue weighted by atomic mass is 32.1. The van der Waals surface area contributed by atoms with Crippen molar-refractivity contribution in [1.82, 2.24) is 0 Å². The van der Waals surface area contributed by atoms with E-state index in [1.807, 2.05) is 11.3 Å². The second-order valence-electron chi connectivity index (χ2n) is 16.5. The van der Waals surface area contributed by atoms with Crippen LogP contribution in [-0.2, 0) is 10.8 Å². The molecular formula is C54H41NS. The Hall–Kier alpha value is -6.22. The maximum Gasteiger partial charge on any atom is 0.0540 e. The van der Waals surface area contributed by atoms with Gasteiger partial charge in [0.25, 0.3) is 0 Å². The molecule has 8 aromatic carbocycles. The second kappa shape index (κ2) is 12.1. The number of rotatable bonds is 5. The molecule has 0 bridgehead atoms. The van der Waals surface area contributed by atoms with Gasteiger partial charge >= 0.3 is 0 Å². The van der Waals surface area contributed by atoms with Crippen molar-refractivity contribution in [2.75, 3.05) is 4.90 Å². The Labute approximate surface area is 333 Å². The van der Waals surface area contributed by atoms with Gasteiger partial charge in [0.1, 0.15) is 0 Å². The van der Waals surface area contributed by atoms with Crippen molar-refractivity contribution in [2.24, 2.45) is 0 Å². The smallest absolute Gasteiger partial charge is 0.0540 e. The monoisotopic (exact) mass is 735 g/mol. The Morgan fingerprint density at radius 2 is 0.946 bits per heavy atom.